The number of benzene rings is 3. The van der Waals surface area contributed by atoms with E-state index in [0.29, 0.717) is 18.1 Å². The fourth-order valence-corrected chi connectivity index (χ4v) is 2.61. The predicted molar refractivity (Wildman–Crippen MR) is 95.9 cm³/mol. The highest BCUT2D eigenvalue weighted by Crippen LogP contribution is 2.30. The third kappa shape index (κ3) is 3.39. The van der Waals surface area contributed by atoms with Crippen molar-refractivity contribution in [1.82, 2.24) is 0 Å². The van der Waals surface area contributed by atoms with E-state index in [1.807, 2.05) is 42.5 Å². The standard InChI is InChI=1S/C21H17NO2/c1-23-21-14-16(6-5-13-22)11-12-20(21)24-15-18-9-4-8-17-7-2-3-10-19(17)18/h2-12,14H,15H2,1H3. The van der Waals surface area contributed by atoms with E-state index in [9.17, 15) is 0 Å². The topological polar surface area (TPSA) is 42.2 Å². The van der Waals surface area contributed by atoms with Crippen molar-refractivity contribution in [2.24, 2.45) is 0 Å². The molecule has 3 rings (SSSR count). The summed E-state index contributed by atoms with van der Waals surface area (Å²) in [6.07, 6.45) is 3.17. The molecule has 3 heteroatoms. The Kier molecular flexibility index (Phi) is 4.78. The average Bonchev–Trinajstić information content (AvgIpc) is 2.64. The van der Waals surface area contributed by atoms with Crippen molar-refractivity contribution in [3.63, 3.8) is 0 Å². The van der Waals surface area contributed by atoms with Crippen molar-refractivity contribution >= 4 is 16.8 Å². The third-order valence-corrected chi connectivity index (χ3v) is 3.80. The SMILES string of the molecule is COc1cc(C=CC#N)ccc1OCc1cccc2ccccc12. The summed E-state index contributed by atoms with van der Waals surface area (Å²) in [6.45, 7) is 0.463. The van der Waals surface area contributed by atoms with Crippen molar-refractivity contribution < 1.29 is 9.47 Å². The summed E-state index contributed by atoms with van der Waals surface area (Å²) in [4.78, 5) is 0. The van der Waals surface area contributed by atoms with E-state index >= 15 is 0 Å². The molecule has 0 heterocycles. The van der Waals surface area contributed by atoms with Gasteiger partial charge < -0.3 is 9.47 Å². The van der Waals surface area contributed by atoms with Gasteiger partial charge in [0, 0.05) is 6.08 Å². The number of methoxy groups -OCH3 is 1. The largest absolute Gasteiger partial charge is 0.493 e. The van der Waals surface area contributed by atoms with Crippen molar-refractivity contribution in [3.05, 3.63) is 77.9 Å². The lowest BCUT2D eigenvalue weighted by atomic mass is 10.1. The van der Waals surface area contributed by atoms with E-state index in [-0.39, 0.29) is 0 Å². The summed E-state index contributed by atoms with van der Waals surface area (Å²) in [5, 5.41) is 11.0. The first-order valence-electron chi connectivity index (χ1n) is 7.65. The van der Waals surface area contributed by atoms with Crippen molar-refractivity contribution in [1.29, 1.82) is 5.26 Å². The highest BCUT2D eigenvalue weighted by atomic mass is 16.5. The first-order valence-corrected chi connectivity index (χ1v) is 7.65. The van der Waals surface area contributed by atoms with E-state index in [4.69, 9.17) is 14.7 Å². The molecule has 3 aromatic rings. The van der Waals surface area contributed by atoms with Gasteiger partial charge in [0.25, 0.3) is 0 Å². The molecule has 0 amide bonds. The Morgan fingerprint density at radius 3 is 2.67 bits per heavy atom. The highest BCUT2D eigenvalue weighted by Gasteiger charge is 2.07. The minimum absolute atomic E-state index is 0.463. The second kappa shape index (κ2) is 7.34. The lowest BCUT2D eigenvalue weighted by Crippen LogP contribution is -1.98. The molecule has 3 nitrogen and oxygen atoms in total. The fourth-order valence-electron chi connectivity index (χ4n) is 2.61. The van der Waals surface area contributed by atoms with Crippen LogP contribution >= 0.6 is 0 Å². The summed E-state index contributed by atoms with van der Waals surface area (Å²) in [5.41, 5.74) is 2.02. The fraction of sp³-hybridized carbons (Fsp3) is 0.0952. The number of hydrogen-bond donors (Lipinski definition) is 0. The lowest BCUT2D eigenvalue weighted by molar-refractivity contribution is 0.285. The first-order chi connectivity index (χ1) is 11.8. The number of allylic oxidation sites excluding steroid dienone is 1. The number of fused-ring (bicyclic) bond motifs is 1. The normalized spacial score (nSPS) is 10.7. The molecule has 0 fully saturated rings. The molecule has 118 valence electrons. The van der Waals surface area contributed by atoms with E-state index in [0.717, 1.165) is 11.1 Å². The molecule has 24 heavy (non-hydrogen) atoms. The molecule has 0 aliphatic carbocycles. The van der Waals surface area contributed by atoms with Crippen LogP contribution in [-0.4, -0.2) is 7.11 Å². The van der Waals surface area contributed by atoms with Crippen LogP contribution < -0.4 is 9.47 Å². The molecule has 0 saturated carbocycles. The maximum absolute atomic E-state index is 8.61. The lowest BCUT2D eigenvalue weighted by Gasteiger charge is -2.12. The van der Waals surface area contributed by atoms with Crippen LogP contribution in [0.4, 0.5) is 0 Å². The molecule has 0 saturated heterocycles. The van der Waals surface area contributed by atoms with Gasteiger partial charge in [0.05, 0.1) is 13.2 Å². The molecule has 0 spiro atoms. The number of ether oxygens (including phenoxy) is 2. The van der Waals surface area contributed by atoms with Gasteiger partial charge in [-0.1, -0.05) is 48.5 Å². The van der Waals surface area contributed by atoms with Crippen LogP contribution in [0.5, 0.6) is 11.5 Å². The molecule has 0 aliphatic rings. The van der Waals surface area contributed by atoms with Gasteiger partial charge in [-0.15, -0.1) is 0 Å². The number of hydrogen-bond acceptors (Lipinski definition) is 3. The van der Waals surface area contributed by atoms with E-state index < -0.39 is 0 Å². The van der Waals surface area contributed by atoms with Crippen LogP contribution in [0.3, 0.4) is 0 Å². The van der Waals surface area contributed by atoms with Gasteiger partial charge in [-0.3, -0.25) is 0 Å². The van der Waals surface area contributed by atoms with Gasteiger partial charge in [0.2, 0.25) is 0 Å². The minimum Gasteiger partial charge on any atom is -0.493 e. The Balaban J connectivity index is 1.83. The zero-order valence-corrected chi connectivity index (χ0v) is 13.4. The molecule has 0 radical (unpaired) electrons. The molecule has 0 aromatic heterocycles. The molecular weight excluding hydrogens is 298 g/mol. The number of nitriles is 1. The molecular formula is C21H17NO2. The van der Waals surface area contributed by atoms with Crippen LogP contribution in [-0.2, 0) is 6.61 Å². The van der Waals surface area contributed by atoms with E-state index in [1.165, 1.54) is 16.8 Å². The summed E-state index contributed by atoms with van der Waals surface area (Å²) >= 11 is 0. The smallest absolute Gasteiger partial charge is 0.161 e. The van der Waals surface area contributed by atoms with Gasteiger partial charge >= 0.3 is 0 Å². The zero-order chi connectivity index (χ0) is 16.8. The Labute approximate surface area is 141 Å². The van der Waals surface area contributed by atoms with Crippen LogP contribution in [0.15, 0.2) is 66.7 Å². The minimum atomic E-state index is 0.463. The molecule has 0 aliphatic heterocycles. The monoisotopic (exact) mass is 315 g/mol. The van der Waals surface area contributed by atoms with Crippen LogP contribution in [0.1, 0.15) is 11.1 Å². The van der Waals surface area contributed by atoms with Crippen LogP contribution in [0, 0.1) is 11.3 Å². The third-order valence-electron chi connectivity index (χ3n) is 3.80. The van der Waals surface area contributed by atoms with Crippen LogP contribution in [0.2, 0.25) is 0 Å². The average molecular weight is 315 g/mol. The summed E-state index contributed by atoms with van der Waals surface area (Å²) < 4.78 is 11.4. The van der Waals surface area contributed by atoms with Gasteiger partial charge in [0.15, 0.2) is 11.5 Å². The Hall–Kier alpha value is -3.25. The highest BCUT2D eigenvalue weighted by molar-refractivity contribution is 5.85. The van der Waals surface area contributed by atoms with Gasteiger partial charge in [-0.25, -0.2) is 0 Å². The van der Waals surface area contributed by atoms with Gasteiger partial charge in [-0.05, 0) is 40.1 Å². The van der Waals surface area contributed by atoms with E-state index in [2.05, 4.69) is 24.3 Å². The van der Waals surface area contributed by atoms with Crippen LogP contribution in [0.25, 0.3) is 16.8 Å². The Morgan fingerprint density at radius 2 is 1.83 bits per heavy atom. The van der Waals surface area contributed by atoms with Crippen molar-refractivity contribution in [2.75, 3.05) is 7.11 Å². The molecule has 0 unspecified atom stereocenters. The maximum Gasteiger partial charge on any atom is 0.161 e. The predicted octanol–water partition coefficient (Wildman–Crippen LogP) is 4.96. The molecule has 0 atom stereocenters. The second-order valence-electron chi connectivity index (χ2n) is 5.30. The molecule has 0 bridgehead atoms. The first kappa shape index (κ1) is 15.6. The summed E-state index contributed by atoms with van der Waals surface area (Å²) in [6, 6.07) is 22.0. The van der Waals surface area contributed by atoms with Gasteiger partial charge in [0.1, 0.15) is 6.61 Å². The van der Waals surface area contributed by atoms with Crippen molar-refractivity contribution in [3.8, 4) is 17.6 Å². The maximum atomic E-state index is 8.61. The Morgan fingerprint density at radius 1 is 1.00 bits per heavy atom. The summed E-state index contributed by atoms with van der Waals surface area (Å²) in [5.74, 6) is 1.33. The Bertz CT molecular complexity index is 917. The molecule has 3 aromatic carbocycles. The molecule has 0 N–H and O–H groups in total. The number of rotatable bonds is 5. The number of nitrogens with zero attached hydrogens (tertiary/aromatic N) is 1. The van der Waals surface area contributed by atoms with Crippen molar-refractivity contribution in [2.45, 2.75) is 6.61 Å². The second-order valence-corrected chi connectivity index (χ2v) is 5.30. The zero-order valence-electron chi connectivity index (χ0n) is 13.4. The van der Waals surface area contributed by atoms with Gasteiger partial charge in [-0.2, -0.15) is 5.26 Å². The quantitative estimate of drug-likeness (QED) is 0.625. The summed E-state index contributed by atoms with van der Waals surface area (Å²) in [7, 11) is 1.61. The van der Waals surface area contributed by atoms with E-state index in [1.54, 1.807) is 13.2 Å².